The number of nitrogens with zero attached hydrogens (tertiary/aromatic N) is 2. The molecule has 0 heterocycles. The molecule has 2 nitrogen and oxygen atoms in total. The van der Waals surface area contributed by atoms with Gasteiger partial charge in [0, 0.05) is 12.4 Å². The third-order valence-corrected chi connectivity index (χ3v) is 6.07. The lowest BCUT2D eigenvalue weighted by Gasteiger charge is -2.25. The van der Waals surface area contributed by atoms with Gasteiger partial charge in [-0.25, -0.2) is 0 Å². The van der Waals surface area contributed by atoms with Gasteiger partial charge in [-0.1, -0.05) is 85.6 Å². The average molecular weight is 391 g/mol. The van der Waals surface area contributed by atoms with Gasteiger partial charge in [-0.3, -0.25) is 9.98 Å². The molecular formula is C28H26N2. The molecule has 148 valence electrons. The molecule has 0 bridgehead atoms. The standard InChI is InChI=1S/C28H26N2/c1-3-9-25-17-21(13-15-23(25)7-1)19-29-27-11-5-6-12-28(27)30-20-22-14-16-24-8-2-4-10-26(24)18-22/h1-4,7-10,13-20,27-28H,5-6,11-12H2/t27-,28-/m0/s1. The monoisotopic (exact) mass is 390 g/mol. The Balaban J connectivity index is 1.34. The summed E-state index contributed by atoms with van der Waals surface area (Å²) in [5.74, 6) is 0. The minimum atomic E-state index is 0.266. The Morgan fingerprint density at radius 1 is 0.533 bits per heavy atom. The largest absolute Gasteiger partial charge is 0.287 e. The second kappa shape index (κ2) is 8.62. The summed E-state index contributed by atoms with van der Waals surface area (Å²) in [6, 6.07) is 30.6. The van der Waals surface area contributed by atoms with Crippen molar-refractivity contribution in [3.8, 4) is 0 Å². The average Bonchev–Trinajstić information content (AvgIpc) is 2.81. The van der Waals surface area contributed by atoms with Crippen LogP contribution in [0.4, 0.5) is 0 Å². The Morgan fingerprint density at radius 3 is 1.43 bits per heavy atom. The smallest absolute Gasteiger partial charge is 0.0723 e. The maximum absolute atomic E-state index is 4.97. The maximum atomic E-state index is 4.97. The number of rotatable bonds is 4. The molecule has 1 aliphatic carbocycles. The maximum Gasteiger partial charge on any atom is 0.0723 e. The number of fused-ring (bicyclic) bond motifs is 2. The summed E-state index contributed by atoms with van der Waals surface area (Å²) in [6.07, 6.45) is 8.79. The SMILES string of the molecule is C(=N[C@H]1CCCC[C@@H]1N=Cc1ccc2ccccc2c1)c1ccc2ccccc2c1. The zero-order chi connectivity index (χ0) is 20.2. The van der Waals surface area contributed by atoms with Crippen molar-refractivity contribution in [3.05, 3.63) is 96.1 Å². The molecule has 1 fully saturated rings. The van der Waals surface area contributed by atoms with Gasteiger partial charge in [0.2, 0.25) is 0 Å². The normalized spacial score (nSPS) is 19.9. The van der Waals surface area contributed by atoms with Crippen molar-refractivity contribution in [2.75, 3.05) is 0 Å². The van der Waals surface area contributed by atoms with Crippen LogP contribution in [-0.2, 0) is 0 Å². The molecule has 4 aromatic rings. The highest BCUT2D eigenvalue weighted by Crippen LogP contribution is 2.24. The Labute approximate surface area is 178 Å². The van der Waals surface area contributed by atoms with E-state index in [1.165, 1.54) is 34.4 Å². The van der Waals surface area contributed by atoms with E-state index in [1.54, 1.807) is 0 Å². The van der Waals surface area contributed by atoms with Crippen molar-refractivity contribution in [2.24, 2.45) is 9.98 Å². The van der Waals surface area contributed by atoms with E-state index in [0.29, 0.717) is 0 Å². The van der Waals surface area contributed by atoms with Gasteiger partial charge in [0.1, 0.15) is 0 Å². The molecule has 0 N–H and O–H groups in total. The zero-order valence-electron chi connectivity index (χ0n) is 17.1. The molecule has 2 heteroatoms. The van der Waals surface area contributed by atoms with E-state index in [-0.39, 0.29) is 12.1 Å². The molecule has 1 aliphatic rings. The van der Waals surface area contributed by atoms with Crippen LogP contribution in [0.1, 0.15) is 36.8 Å². The first-order valence-electron chi connectivity index (χ1n) is 10.9. The quantitative estimate of drug-likeness (QED) is 0.341. The van der Waals surface area contributed by atoms with Crippen LogP contribution in [0.25, 0.3) is 21.5 Å². The van der Waals surface area contributed by atoms with Gasteiger partial charge >= 0.3 is 0 Å². The highest BCUT2D eigenvalue weighted by Gasteiger charge is 2.23. The minimum absolute atomic E-state index is 0.266. The fourth-order valence-electron chi connectivity index (χ4n) is 4.38. The first-order valence-corrected chi connectivity index (χ1v) is 10.9. The molecule has 0 saturated heterocycles. The predicted molar refractivity (Wildman–Crippen MR) is 129 cm³/mol. The zero-order valence-corrected chi connectivity index (χ0v) is 17.1. The number of hydrogen-bond donors (Lipinski definition) is 0. The summed E-state index contributed by atoms with van der Waals surface area (Å²) in [7, 11) is 0. The van der Waals surface area contributed by atoms with Crippen LogP contribution in [0.15, 0.2) is 94.9 Å². The molecule has 5 rings (SSSR count). The van der Waals surface area contributed by atoms with E-state index >= 15 is 0 Å². The van der Waals surface area contributed by atoms with Gasteiger partial charge in [-0.05, 0) is 57.6 Å². The van der Waals surface area contributed by atoms with Gasteiger partial charge in [-0.2, -0.15) is 0 Å². The third kappa shape index (κ3) is 4.18. The van der Waals surface area contributed by atoms with Gasteiger partial charge in [0.15, 0.2) is 0 Å². The van der Waals surface area contributed by atoms with Crippen molar-refractivity contribution in [1.29, 1.82) is 0 Å². The van der Waals surface area contributed by atoms with Crippen molar-refractivity contribution in [1.82, 2.24) is 0 Å². The van der Waals surface area contributed by atoms with Crippen LogP contribution in [-0.4, -0.2) is 24.5 Å². The van der Waals surface area contributed by atoms with Crippen molar-refractivity contribution < 1.29 is 0 Å². The van der Waals surface area contributed by atoms with Gasteiger partial charge in [0.25, 0.3) is 0 Å². The number of benzene rings is 4. The molecule has 0 radical (unpaired) electrons. The molecule has 0 spiro atoms. The molecule has 0 unspecified atom stereocenters. The summed E-state index contributed by atoms with van der Waals surface area (Å²) in [4.78, 5) is 9.93. The van der Waals surface area contributed by atoms with Crippen molar-refractivity contribution >= 4 is 34.0 Å². The Morgan fingerprint density at radius 2 is 0.967 bits per heavy atom. The highest BCUT2D eigenvalue weighted by atomic mass is 14.9. The lowest BCUT2D eigenvalue weighted by Crippen LogP contribution is -2.27. The van der Waals surface area contributed by atoms with Crippen molar-refractivity contribution in [3.63, 3.8) is 0 Å². The summed E-state index contributed by atoms with van der Waals surface area (Å²) in [5.41, 5.74) is 2.33. The summed E-state index contributed by atoms with van der Waals surface area (Å²) in [5, 5.41) is 5.06. The molecule has 0 amide bonds. The van der Waals surface area contributed by atoms with E-state index in [2.05, 4.69) is 84.9 Å². The summed E-state index contributed by atoms with van der Waals surface area (Å²) in [6.45, 7) is 0. The molecule has 0 aliphatic heterocycles. The van der Waals surface area contributed by atoms with E-state index < -0.39 is 0 Å². The lowest BCUT2D eigenvalue weighted by molar-refractivity contribution is 0.390. The first kappa shape index (κ1) is 18.7. The topological polar surface area (TPSA) is 24.7 Å². The molecule has 2 atom stereocenters. The van der Waals surface area contributed by atoms with E-state index in [1.807, 2.05) is 12.4 Å². The highest BCUT2D eigenvalue weighted by molar-refractivity contribution is 5.91. The van der Waals surface area contributed by atoms with Crippen LogP contribution in [0, 0.1) is 0 Å². The fraction of sp³-hybridized carbons (Fsp3) is 0.214. The lowest BCUT2D eigenvalue weighted by atomic mass is 9.91. The molecular weight excluding hydrogens is 364 g/mol. The van der Waals surface area contributed by atoms with Crippen molar-refractivity contribution in [2.45, 2.75) is 37.8 Å². The second-order valence-electron chi connectivity index (χ2n) is 8.19. The van der Waals surface area contributed by atoms with Crippen LogP contribution in [0.3, 0.4) is 0 Å². The summed E-state index contributed by atoms with van der Waals surface area (Å²) < 4.78 is 0. The minimum Gasteiger partial charge on any atom is -0.287 e. The van der Waals surface area contributed by atoms with E-state index in [4.69, 9.17) is 9.98 Å². The van der Waals surface area contributed by atoms with E-state index in [0.717, 1.165) is 24.0 Å². The Kier molecular flexibility index (Phi) is 5.39. The number of aliphatic imine (C=N–C) groups is 2. The van der Waals surface area contributed by atoms with E-state index in [9.17, 15) is 0 Å². The molecule has 1 saturated carbocycles. The Bertz CT molecular complexity index is 1120. The van der Waals surface area contributed by atoms with Crippen LogP contribution < -0.4 is 0 Å². The second-order valence-corrected chi connectivity index (χ2v) is 8.19. The van der Waals surface area contributed by atoms with Gasteiger partial charge in [-0.15, -0.1) is 0 Å². The first-order chi connectivity index (χ1) is 14.8. The molecule has 4 aromatic carbocycles. The molecule has 30 heavy (non-hydrogen) atoms. The summed E-state index contributed by atoms with van der Waals surface area (Å²) >= 11 is 0. The van der Waals surface area contributed by atoms with Crippen LogP contribution in [0.5, 0.6) is 0 Å². The Hall–Kier alpha value is -3.26. The molecule has 0 aromatic heterocycles. The number of hydrogen-bond acceptors (Lipinski definition) is 2. The third-order valence-electron chi connectivity index (χ3n) is 6.07. The fourth-order valence-corrected chi connectivity index (χ4v) is 4.38. The van der Waals surface area contributed by atoms with Gasteiger partial charge in [0.05, 0.1) is 12.1 Å². The van der Waals surface area contributed by atoms with Crippen LogP contribution >= 0.6 is 0 Å². The van der Waals surface area contributed by atoms with Gasteiger partial charge < -0.3 is 0 Å². The van der Waals surface area contributed by atoms with Crippen LogP contribution in [0.2, 0.25) is 0 Å². The predicted octanol–water partition coefficient (Wildman–Crippen LogP) is 6.84.